The molecule has 0 spiro atoms. The lowest BCUT2D eigenvalue weighted by molar-refractivity contribution is -0.671. The monoisotopic (exact) mass is 267 g/mol. The lowest BCUT2D eigenvalue weighted by Gasteiger charge is -2.07. The second kappa shape index (κ2) is 4.07. The van der Waals surface area contributed by atoms with E-state index in [0.717, 1.165) is 17.0 Å². The fraction of sp³-hybridized carbons (Fsp3) is 0.167. The predicted molar refractivity (Wildman–Crippen MR) is 80.0 cm³/mol. The maximum Gasteiger partial charge on any atom is 0.294 e. The van der Waals surface area contributed by atoms with E-state index in [0.29, 0.717) is 6.54 Å². The highest BCUT2D eigenvalue weighted by Crippen LogP contribution is 2.30. The molecular formula is C18H17N2+. The van der Waals surface area contributed by atoms with E-state index in [1.54, 1.807) is 10.8 Å². The van der Waals surface area contributed by atoms with Crippen LogP contribution >= 0.6 is 0 Å². The van der Waals surface area contributed by atoms with Crippen molar-refractivity contribution in [1.82, 2.24) is 4.57 Å². The van der Waals surface area contributed by atoms with Crippen LogP contribution < -0.4 is 4.57 Å². The lowest BCUT2D eigenvalue weighted by Crippen LogP contribution is -2.30. The Morgan fingerprint density at radius 3 is 2.65 bits per heavy atom. The number of rotatable bonds is 1. The molecule has 0 aliphatic carbocycles. The Balaban J connectivity index is 2.06. The zero-order valence-corrected chi connectivity index (χ0v) is 10.8. The minimum absolute atomic E-state index is 0.0366. The summed E-state index contributed by atoms with van der Waals surface area (Å²) in [5, 5.41) is 0. The standard InChI is InChI=1S/C18H17N2/c1-13-6-5-7-14(2)17(13)20-11-10-19-12-15-8-3-4-9-16(15)18(19)20/h3-11H,12H2,1-2H3/q+1/i1D3,2D3. The van der Waals surface area contributed by atoms with Gasteiger partial charge in [-0.25, -0.2) is 4.57 Å². The largest absolute Gasteiger partial charge is 0.294 e. The average molecular weight is 267 g/mol. The Kier molecular flexibility index (Phi) is 1.40. The molecule has 1 aliphatic rings. The van der Waals surface area contributed by atoms with Crippen LogP contribution in [0.25, 0.3) is 17.1 Å². The number of imidazole rings is 1. The molecule has 3 aromatic rings. The van der Waals surface area contributed by atoms with Gasteiger partial charge in [-0.3, -0.25) is 0 Å². The molecule has 1 aromatic heterocycles. The van der Waals surface area contributed by atoms with Gasteiger partial charge in [0, 0.05) is 13.8 Å². The van der Waals surface area contributed by atoms with Crippen molar-refractivity contribution in [1.29, 1.82) is 0 Å². The summed E-state index contributed by atoms with van der Waals surface area (Å²) in [5.41, 5.74) is 2.40. The quantitative estimate of drug-likeness (QED) is 0.467. The van der Waals surface area contributed by atoms with Crippen molar-refractivity contribution in [2.24, 2.45) is 0 Å². The Bertz CT molecular complexity index is 965. The van der Waals surface area contributed by atoms with Crippen LogP contribution in [-0.4, -0.2) is 4.57 Å². The number of aryl methyl sites for hydroxylation is 2. The molecule has 2 heterocycles. The molecule has 98 valence electrons. The third kappa shape index (κ3) is 1.48. The summed E-state index contributed by atoms with van der Waals surface area (Å²) in [7, 11) is 0. The maximum absolute atomic E-state index is 7.89. The van der Waals surface area contributed by atoms with Gasteiger partial charge in [0.1, 0.15) is 24.6 Å². The third-order valence-corrected chi connectivity index (χ3v) is 3.77. The number of para-hydroxylation sites is 1. The Morgan fingerprint density at radius 1 is 1.05 bits per heavy atom. The van der Waals surface area contributed by atoms with Crippen LogP contribution in [0.15, 0.2) is 54.9 Å². The third-order valence-electron chi connectivity index (χ3n) is 3.77. The molecule has 0 unspecified atom stereocenters. The summed E-state index contributed by atoms with van der Waals surface area (Å²) in [6.45, 7) is -4.16. The van der Waals surface area contributed by atoms with Gasteiger partial charge in [0.05, 0.1) is 5.56 Å². The molecular weight excluding hydrogens is 244 g/mol. The highest BCUT2D eigenvalue weighted by Gasteiger charge is 2.30. The smallest absolute Gasteiger partial charge is 0.225 e. The van der Waals surface area contributed by atoms with Gasteiger partial charge in [-0.05, 0) is 30.9 Å². The van der Waals surface area contributed by atoms with Crippen LogP contribution in [0.4, 0.5) is 0 Å². The fourth-order valence-electron chi connectivity index (χ4n) is 2.88. The van der Waals surface area contributed by atoms with Gasteiger partial charge in [-0.15, -0.1) is 0 Å². The molecule has 0 N–H and O–H groups in total. The van der Waals surface area contributed by atoms with Gasteiger partial charge in [0.25, 0.3) is 5.82 Å². The maximum atomic E-state index is 7.89. The highest BCUT2D eigenvalue weighted by molar-refractivity contribution is 5.64. The minimum Gasteiger partial charge on any atom is -0.225 e. The summed E-state index contributed by atoms with van der Waals surface area (Å²) in [6, 6.07) is 12.3. The molecule has 0 atom stereocenters. The van der Waals surface area contributed by atoms with Gasteiger partial charge in [0.15, 0.2) is 0 Å². The van der Waals surface area contributed by atoms with E-state index in [9.17, 15) is 0 Å². The van der Waals surface area contributed by atoms with Crippen LogP contribution in [0.5, 0.6) is 0 Å². The first-order valence-electron chi connectivity index (χ1n) is 9.51. The van der Waals surface area contributed by atoms with Gasteiger partial charge < -0.3 is 0 Å². The first kappa shape index (κ1) is 6.89. The first-order chi connectivity index (χ1) is 12.2. The van der Waals surface area contributed by atoms with Gasteiger partial charge in [0.2, 0.25) is 0 Å². The normalized spacial score (nSPS) is 18.0. The molecule has 20 heavy (non-hydrogen) atoms. The summed E-state index contributed by atoms with van der Waals surface area (Å²) < 4.78 is 51.0. The Labute approximate surface area is 127 Å². The van der Waals surface area contributed by atoms with Crippen molar-refractivity contribution in [3.8, 4) is 17.1 Å². The summed E-state index contributed by atoms with van der Waals surface area (Å²) in [5.74, 6) is 0.794. The minimum atomic E-state index is -2.42. The summed E-state index contributed by atoms with van der Waals surface area (Å²) >= 11 is 0. The second-order valence-electron chi connectivity index (χ2n) is 4.98. The lowest BCUT2D eigenvalue weighted by atomic mass is 10.1. The van der Waals surface area contributed by atoms with Crippen molar-refractivity contribution in [2.75, 3.05) is 0 Å². The number of benzene rings is 2. The molecule has 0 saturated heterocycles. The molecule has 1 aliphatic heterocycles. The van der Waals surface area contributed by atoms with Crippen LogP contribution in [0.1, 0.15) is 24.9 Å². The van der Waals surface area contributed by atoms with E-state index in [-0.39, 0.29) is 16.8 Å². The van der Waals surface area contributed by atoms with Crippen molar-refractivity contribution in [3.05, 3.63) is 71.5 Å². The topological polar surface area (TPSA) is 8.81 Å². The van der Waals surface area contributed by atoms with Gasteiger partial charge in [-0.2, -0.15) is 4.57 Å². The van der Waals surface area contributed by atoms with Crippen molar-refractivity contribution in [3.63, 3.8) is 0 Å². The molecule has 0 radical (unpaired) electrons. The summed E-state index contributed by atoms with van der Waals surface area (Å²) in [6.07, 6.45) is 3.60. The van der Waals surface area contributed by atoms with E-state index >= 15 is 0 Å². The Hall–Kier alpha value is -2.35. The van der Waals surface area contributed by atoms with Crippen molar-refractivity contribution in [2.45, 2.75) is 20.2 Å². The van der Waals surface area contributed by atoms with Crippen LogP contribution in [0.3, 0.4) is 0 Å². The molecule has 0 fully saturated rings. The zero-order chi connectivity index (χ0) is 18.7. The zero-order valence-electron chi connectivity index (χ0n) is 16.8. The fourth-order valence-corrected chi connectivity index (χ4v) is 2.88. The highest BCUT2D eigenvalue weighted by atomic mass is 15.2. The second-order valence-corrected chi connectivity index (χ2v) is 4.98. The molecule has 2 heteroatoms. The molecule has 0 bridgehead atoms. The average Bonchev–Trinajstić information content (AvgIpc) is 3.11. The molecule has 4 rings (SSSR count). The van der Waals surface area contributed by atoms with E-state index in [4.69, 9.17) is 8.22 Å². The van der Waals surface area contributed by atoms with E-state index in [1.807, 2.05) is 35.0 Å². The van der Waals surface area contributed by atoms with E-state index in [1.165, 1.54) is 18.2 Å². The van der Waals surface area contributed by atoms with Crippen molar-refractivity contribution < 1.29 is 12.8 Å². The van der Waals surface area contributed by atoms with E-state index < -0.39 is 13.7 Å². The molecule has 2 nitrogen and oxygen atoms in total. The molecule has 0 saturated carbocycles. The number of hydrogen-bond acceptors (Lipinski definition) is 0. The number of nitrogens with zero attached hydrogens (tertiary/aromatic N) is 2. The van der Waals surface area contributed by atoms with Crippen molar-refractivity contribution >= 4 is 0 Å². The van der Waals surface area contributed by atoms with Gasteiger partial charge in [-0.1, -0.05) is 36.4 Å². The molecule has 0 amide bonds. The predicted octanol–water partition coefficient (Wildman–Crippen LogP) is 3.41. The summed E-state index contributed by atoms with van der Waals surface area (Å²) in [4.78, 5) is 0. The first-order valence-corrected chi connectivity index (χ1v) is 6.51. The van der Waals surface area contributed by atoms with Crippen LogP contribution in [0, 0.1) is 13.7 Å². The van der Waals surface area contributed by atoms with Gasteiger partial charge >= 0.3 is 0 Å². The number of fused-ring (bicyclic) bond motifs is 3. The Morgan fingerprint density at radius 2 is 1.85 bits per heavy atom. The molecule has 2 aromatic carbocycles. The van der Waals surface area contributed by atoms with Crippen LogP contribution in [0.2, 0.25) is 0 Å². The number of aromatic nitrogens is 2. The number of hydrogen-bond donors (Lipinski definition) is 0. The SMILES string of the molecule is [2H]C([2H])([2H])c1cccc(C([2H])([2H])[2H])c1-n1cc[n+]2c1-c1ccccc1C2. The van der Waals surface area contributed by atoms with E-state index in [2.05, 4.69) is 0 Å². The van der Waals surface area contributed by atoms with Crippen LogP contribution in [-0.2, 0) is 6.54 Å².